The van der Waals surface area contributed by atoms with Crippen LogP contribution in [0.15, 0.2) is 23.4 Å². The fourth-order valence-corrected chi connectivity index (χ4v) is 4.90. The van der Waals surface area contributed by atoms with Gasteiger partial charge in [-0.1, -0.05) is 45.0 Å². The molecule has 1 aromatic rings. The average Bonchev–Trinajstić information content (AvgIpc) is 2.95. The van der Waals surface area contributed by atoms with Gasteiger partial charge in [-0.05, 0) is 30.6 Å². The van der Waals surface area contributed by atoms with Crippen LogP contribution >= 0.6 is 0 Å². The summed E-state index contributed by atoms with van der Waals surface area (Å²) < 4.78 is 10.7. The summed E-state index contributed by atoms with van der Waals surface area (Å²) in [6, 6.07) is 0.0980. The van der Waals surface area contributed by atoms with Crippen LogP contribution in [-0.4, -0.2) is 23.9 Å². The van der Waals surface area contributed by atoms with Crippen LogP contribution in [0.3, 0.4) is 0 Å². The summed E-state index contributed by atoms with van der Waals surface area (Å²) in [5, 5.41) is 7.11. The van der Waals surface area contributed by atoms with Crippen LogP contribution in [0.4, 0.5) is 4.79 Å². The third-order valence-electron chi connectivity index (χ3n) is 5.87. The number of carbonyl (C=O) groups excluding carboxylic acids is 1. The van der Waals surface area contributed by atoms with E-state index in [9.17, 15) is 4.79 Å². The number of rotatable bonds is 3. The van der Waals surface area contributed by atoms with Crippen LogP contribution in [0.5, 0.6) is 0 Å². The minimum atomic E-state index is -0.356. The predicted molar refractivity (Wildman–Crippen MR) is 87.1 cm³/mol. The van der Waals surface area contributed by atoms with E-state index in [2.05, 4.69) is 37.8 Å². The van der Waals surface area contributed by atoms with Crippen molar-refractivity contribution >= 4 is 6.09 Å². The van der Waals surface area contributed by atoms with E-state index >= 15 is 0 Å². The molecule has 5 nitrogen and oxygen atoms in total. The molecule has 1 saturated carbocycles. The molecule has 3 rings (SSSR count). The van der Waals surface area contributed by atoms with E-state index in [-0.39, 0.29) is 29.6 Å². The Kier molecular flexibility index (Phi) is 3.98. The first-order chi connectivity index (χ1) is 10.9. The number of hydrogen-bond donors (Lipinski definition) is 1. The van der Waals surface area contributed by atoms with Crippen LogP contribution in [0.25, 0.3) is 0 Å². The number of hydrogen-bond acceptors (Lipinski definition) is 4. The molecular weight excluding hydrogens is 292 g/mol. The van der Waals surface area contributed by atoms with E-state index < -0.39 is 0 Å². The molecule has 0 bridgehead atoms. The summed E-state index contributed by atoms with van der Waals surface area (Å²) in [5.74, 6) is 1.45. The lowest BCUT2D eigenvalue weighted by atomic mass is 9.50. The summed E-state index contributed by atoms with van der Waals surface area (Å²) in [7, 11) is 0. The Balaban J connectivity index is 1.88. The number of ether oxygens (including phenoxy) is 1. The highest BCUT2D eigenvalue weighted by Crippen LogP contribution is 2.56. The summed E-state index contributed by atoms with van der Waals surface area (Å²) in [4.78, 5) is 12.0. The van der Waals surface area contributed by atoms with Gasteiger partial charge in [-0.25, -0.2) is 4.79 Å². The topological polar surface area (TPSA) is 64.4 Å². The molecule has 2 aliphatic rings. The molecule has 1 amide bonds. The Labute approximate surface area is 137 Å². The van der Waals surface area contributed by atoms with Crippen molar-refractivity contribution in [1.29, 1.82) is 0 Å². The van der Waals surface area contributed by atoms with E-state index in [1.165, 1.54) is 5.56 Å². The van der Waals surface area contributed by atoms with Crippen molar-refractivity contribution in [2.45, 2.75) is 57.9 Å². The molecule has 0 aromatic carbocycles. The van der Waals surface area contributed by atoms with Crippen molar-refractivity contribution in [3.8, 4) is 0 Å². The molecule has 1 unspecified atom stereocenters. The fraction of sp³-hybridized carbons (Fsp3) is 0.667. The second kappa shape index (κ2) is 5.69. The minimum Gasteiger partial charge on any atom is -0.445 e. The Morgan fingerprint density at radius 1 is 1.52 bits per heavy atom. The van der Waals surface area contributed by atoms with Crippen molar-refractivity contribution in [2.24, 2.45) is 11.3 Å². The monoisotopic (exact) mass is 318 g/mol. The molecular formula is C18H26N2O3. The zero-order chi connectivity index (χ0) is 16.7. The number of aromatic nitrogens is 1. The molecule has 2 aliphatic carbocycles. The van der Waals surface area contributed by atoms with Crippen LogP contribution in [-0.2, 0) is 16.6 Å². The highest BCUT2D eigenvalue weighted by Gasteiger charge is 2.56. The number of amides is 1. The van der Waals surface area contributed by atoms with Gasteiger partial charge in [0.15, 0.2) is 0 Å². The van der Waals surface area contributed by atoms with Crippen molar-refractivity contribution in [2.75, 3.05) is 6.61 Å². The van der Waals surface area contributed by atoms with Gasteiger partial charge in [0.1, 0.15) is 12.4 Å². The molecule has 0 radical (unpaired) electrons. The number of nitrogens with one attached hydrogen (secondary N) is 1. The molecule has 0 aliphatic heterocycles. The molecule has 0 saturated heterocycles. The predicted octanol–water partition coefficient (Wildman–Crippen LogP) is 3.60. The second-order valence-corrected chi connectivity index (χ2v) is 7.65. The second-order valence-electron chi connectivity index (χ2n) is 7.65. The summed E-state index contributed by atoms with van der Waals surface area (Å²) >= 11 is 0. The highest BCUT2D eigenvalue weighted by atomic mass is 16.5. The van der Waals surface area contributed by atoms with Crippen LogP contribution in [0.1, 0.15) is 51.4 Å². The Morgan fingerprint density at radius 3 is 3.04 bits per heavy atom. The zero-order valence-electron chi connectivity index (χ0n) is 14.2. The smallest absolute Gasteiger partial charge is 0.407 e. The minimum absolute atomic E-state index is 0.0203. The normalized spacial score (nSPS) is 31.6. The number of fused-ring (bicyclic) bond motifs is 2. The third-order valence-corrected chi connectivity index (χ3v) is 5.87. The molecule has 23 heavy (non-hydrogen) atoms. The Bertz CT molecular complexity index is 607. The van der Waals surface area contributed by atoms with Gasteiger partial charge in [0.05, 0.1) is 6.20 Å². The van der Waals surface area contributed by atoms with Gasteiger partial charge in [-0.3, -0.25) is 0 Å². The van der Waals surface area contributed by atoms with Gasteiger partial charge in [0, 0.05) is 17.0 Å². The van der Waals surface area contributed by atoms with Crippen molar-refractivity contribution in [3.05, 3.63) is 30.2 Å². The largest absolute Gasteiger partial charge is 0.445 e. The molecule has 3 atom stereocenters. The maximum atomic E-state index is 12.0. The molecule has 1 aromatic heterocycles. The van der Waals surface area contributed by atoms with Gasteiger partial charge in [0.25, 0.3) is 0 Å². The quantitative estimate of drug-likeness (QED) is 0.865. The number of nitrogens with zero attached hydrogens (tertiary/aromatic N) is 1. The lowest BCUT2D eigenvalue weighted by Gasteiger charge is -2.55. The van der Waals surface area contributed by atoms with Gasteiger partial charge in [0.2, 0.25) is 0 Å². The van der Waals surface area contributed by atoms with Crippen LogP contribution in [0, 0.1) is 11.3 Å². The van der Waals surface area contributed by atoms with Gasteiger partial charge in [-0.15, -0.1) is 0 Å². The van der Waals surface area contributed by atoms with Crippen molar-refractivity contribution in [3.63, 3.8) is 0 Å². The van der Waals surface area contributed by atoms with E-state index in [0.29, 0.717) is 5.92 Å². The first-order valence-corrected chi connectivity index (χ1v) is 8.38. The lowest BCUT2D eigenvalue weighted by molar-refractivity contribution is -0.00205. The Morgan fingerprint density at radius 2 is 2.30 bits per heavy atom. The van der Waals surface area contributed by atoms with Crippen molar-refractivity contribution < 1.29 is 14.1 Å². The van der Waals surface area contributed by atoms with E-state index in [4.69, 9.17) is 9.26 Å². The standard InChI is InChI=1S/C18H26N2O3/c1-5-9-22-16(21)20-14-8-6-7-13-17(2,3)15-12(11-19-23-15)10-18(13,14)4/h5,11,13-14H,1,6-10H2,2-4H3,(H,20,21)/t13-,14?,18-/m0/s1. The molecule has 1 N–H and O–H groups in total. The molecule has 1 heterocycles. The molecule has 5 heteroatoms. The van der Waals surface area contributed by atoms with Crippen LogP contribution < -0.4 is 5.32 Å². The first-order valence-electron chi connectivity index (χ1n) is 8.38. The molecule has 1 fully saturated rings. The lowest BCUT2D eigenvalue weighted by Crippen LogP contribution is -2.59. The van der Waals surface area contributed by atoms with E-state index in [1.807, 2.05) is 6.20 Å². The maximum absolute atomic E-state index is 12.0. The number of alkyl carbamates (subject to hydrolysis) is 1. The van der Waals surface area contributed by atoms with Crippen LogP contribution in [0.2, 0.25) is 0 Å². The fourth-order valence-electron chi connectivity index (χ4n) is 4.90. The van der Waals surface area contributed by atoms with Crippen molar-refractivity contribution in [1.82, 2.24) is 10.5 Å². The zero-order valence-corrected chi connectivity index (χ0v) is 14.2. The molecule has 126 valence electrons. The SMILES string of the molecule is C=CCOC(=O)NC1CCC[C@H]2C(C)(C)c3oncc3C[C@]12C. The van der Waals surface area contributed by atoms with E-state index in [1.54, 1.807) is 6.08 Å². The molecule has 0 spiro atoms. The van der Waals surface area contributed by atoms with Gasteiger partial charge in [-0.2, -0.15) is 0 Å². The van der Waals surface area contributed by atoms with Gasteiger partial charge >= 0.3 is 6.09 Å². The maximum Gasteiger partial charge on any atom is 0.407 e. The first kappa shape index (κ1) is 16.1. The van der Waals surface area contributed by atoms with E-state index in [0.717, 1.165) is 31.4 Å². The third kappa shape index (κ3) is 2.56. The van der Waals surface area contributed by atoms with Gasteiger partial charge < -0.3 is 14.6 Å². The number of carbonyl (C=O) groups is 1. The average molecular weight is 318 g/mol. The summed E-state index contributed by atoms with van der Waals surface area (Å²) in [6.45, 7) is 10.6. The Hall–Kier alpha value is -1.78. The summed E-state index contributed by atoms with van der Waals surface area (Å²) in [5.41, 5.74) is 1.07. The highest BCUT2D eigenvalue weighted by molar-refractivity contribution is 5.68. The summed E-state index contributed by atoms with van der Waals surface area (Å²) in [6.07, 6.45) is 7.16.